The van der Waals surface area contributed by atoms with E-state index < -0.39 is 36.0 Å². The predicted octanol–water partition coefficient (Wildman–Crippen LogP) is 2.57. The van der Waals surface area contributed by atoms with Crippen LogP contribution >= 0.6 is 0 Å². The molecule has 11 nitrogen and oxygen atoms in total. The summed E-state index contributed by atoms with van der Waals surface area (Å²) >= 11 is 0. The molecule has 3 aromatic rings. The Morgan fingerprint density at radius 3 is 1.75 bits per heavy atom. The maximum atomic E-state index is 13.1. The third-order valence-electron chi connectivity index (χ3n) is 4.80. The van der Waals surface area contributed by atoms with Crippen LogP contribution in [0.25, 0.3) is 0 Å². The number of rotatable bonds is 10. The maximum Gasteiger partial charge on any atom is 0.349 e. The molecule has 0 aliphatic carbocycles. The van der Waals surface area contributed by atoms with Gasteiger partial charge in [-0.2, -0.15) is 0 Å². The minimum absolute atomic E-state index is 0.0145. The average Bonchev–Trinajstić information content (AvgIpc) is 2.90. The lowest BCUT2D eigenvalue weighted by molar-refractivity contribution is -0.157. The smallest absolute Gasteiger partial charge is 0.349 e. The Morgan fingerprint density at radius 1 is 0.778 bits per heavy atom. The lowest BCUT2D eigenvalue weighted by atomic mass is 10.1. The first-order valence-corrected chi connectivity index (χ1v) is 10.5. The van der Waals surface area contributed by atoms with E-state index in [4.69, 9.17) is 18.9 Å². The minimum atomic E-state index is -2.18. The molecule has 0 saturated carbocycles. The molecule has 0 aliphatic rings. The number of carbonyl (C=O) groups excluding carboxylic acids is 3. The number of carboxylic acids is 1. The van der Waals surface area contributed by atoms with Gasteiger partial charge in [0.05, 0.1) is 25.3 Å². The second-order valence-corrected chi connectivity index (χ2v) is 7.18. The number of carbonyl (C=O) groups is 4. The Bertz CT molecular complexity index is 1250. The summed E-state index contributed by atoms with van der Waals surface area (Å²) in [6.45, 7) is 0. The molecule has 1 aromatic heterocycles. The van der Waals surface area contributed by atoms with Crippen LogP contribution in [0.4, 0.5) is 5.69 Å². The number of aliphatic carboxylic acids is 1. The molecule has 0 unspecified atom stereocenters. The molecule has 2 atom stereocenters. The fourth-order valence-electron chi connectivity index (χ4n) is 3.01. The van der Waals surface area contributed by atoms with E-state index in [0.717, 1.165) is 0 Å². The van der Waals surface area contributed by atoms with Gasteiger partial charge < -0.3 is 29.4 Å². The largest absolute Gasteiger partial charge is 0.497 e. The van der Waals surface area contributed by atoms with Crippen LogP contribution in [0, 0.1) is 0 Å². The van der Waals surface area contributed by atoms with Gasteiger partial charge in [-0.1, -0.05) is 12.1 Å². The van der Waals surface area contributed by atoms with E-state index in [2.05, 4.69) is 10.3 Å². The highest BCUT2D eigenvalue weighted by Crippen LogP contribution is 2.19. The molecule has 186 valence electrons. The zero-order valence-electron chi connectivity index (χ0n) is 19.2. The number of amides is 1. The van der Waals surface area contributed by atoms with E-state index in [0.29, 0.717) is 11.5 Å². The van der Waals surface area contributed by atoms with Gasteiger partial charge in [0.15, 0.2) is 0 Å². The monoisotopic (exact) mass is 494 g/mol. The van der Waals surface area contributed by atoms with Crippen LogP contribution in [-0.4, -0.2) is 60.3 Å². The van der Waals surface area contributed by atoms with E-state index in [1.165, 1.54) is 75.1 Å². The van der Waals surface area contributed by atoms with E-state index in [1.807, 2.05) is 0 Å². The van der Waals surface area contributed by atoms with Crippen molar-refractivity contribution >= 4 is 29.5 Å². The highest BCUT2D eigenvalue weighted by Gasteiger charge is 2.41. The van der Waals surface area contributed by atoms with Crippen molar-refractivity contribution in [2.45, 2.75) is 12.2 Å². The molecule has 1 amide bonds. The number of ether oxygens (including phenoxy) is 4. The summed E-state index contributed by atoms with van der Waals surface area (Å²) < 4.78 is 20.5. The standard InChI is InChI=1S/C25H22N2O9/c1-33-18-7-3-5-15(13-18)24(31)35-20(22(28)27-17-9-11-26-12-10-17)21(23(29)30)36-25(32)16-6-4-8-19(14-16)34-2/h3-14,20-21H,1-2H3,(H,29,30)(H,26,27,28)/t20-,21+/m1/s1. The summed E-state index contributed by atoms with van der Waals surface area (Å²) in [7, 11) is 2.79. The normalized spacial score (nSPS) is 11.9. The van der Waals surface area contributed by atoms with Crippen LogP contribution in [0.3, 0.4) is 0 Å². The molecule has 2 aromatic carbocycles. The lowest BCUT2D eigenvalue weighted by Crippen LogP contribution is -2.48. The summed E-state index contributed by atoms with van der Waals surface area (Å²) in [5.74, 6) is -4.19. The number of aromatic nitrogens is 1. The third-order valence-corrected chi connectivity index (χ3v) is 4.80. The summed E-state index contributed by atoms with van der Waals surface area (Å²) in [4.78, 5) is 54.5. The highest BCUT2D eigenvalue weighted by molar-refractivity contribution is 6.01. The van der Waals surface area contributed by atoms with Gasteiger partial charge in [0.25, 0.3) is 5.91 Å². The first-order chi connectivity index (χ1) is 17.3. The topological polar surface area (TPSA) is 150 Å². The molecule has 11 heteroatoms. The number of nitrogens with one attached hydrogen (secondary N) is 1. The summed E-state index contributed by atoms with van der Waals surface area (Å²) in [5.41, 5.74) is 0.202. The molecular weight excluding hydrogens is 472 g/mol. The Labute approximate surface area is 205 Å². The number of hydrogen-bond acceptors (Lipinski definition) is 9. The van der Waals surface area contributed by atoms with Gasteiger partial charge >= 0.3 is 17.9 Å². The molecular formula is C25H22N2O9. The Balaban J connectivity index is 1.91. The molecule has 3 rings (SSSR count). The van der Waals surface area contributed by atoms with Crippen LogP contribution in [0.5, 0.6) is 11.5 Å². The third kappa shape index (κ3) is 6.56. The summed E-state index contributed by atoms with van der Waals surface area (Å²) in [6.07, 6.45) is -1.45. The number of pyridine rings is 1. The maximum absolute atomic E-state index is 13.1. The SMILES string of the molecule is COc1cccc(C(=O)O[C@H](C(=O)O)[C@@H](OC(=O)c2cccc(OC)c2)C(=O)Nc2ccncc2)c1. The number of esters is 2. The van der Waals surface area contributed by atoms with Gasteiger partial charge in [-0.25, -0.2) is 14.4 Å². The number of nitrogens with zero attached hydrogens (tertiary/aromatic N) is 1. The summed E-state index contributed by atoms with van der Waals surface area (Å²) in [6, 6.07) is 14.5. The van der Waals surface area contributed by atoms with Crippen LogP contribution < -0.4 is 14.8 Å². The first kappa shape index (κ1) is 25.7. The van der Waals surface area contributed by atoms with Crippen LogP contribution in [0.15, 0.2) is 73.1 Å². The number of methoxy groups -OCH3 is 2. The van der Waals surface area contributed by atoms with Crippen LogP contribution in [-0.2, 0) is 19.1 Å². The lowest BCUT2D eigenvalue weighted by Gasteiger charge is -2.23. The molecule has 36 heavy (non-hydrogen) atoms. The van der Waals surface area contributed by atoms with E-state index in [9.17, 15) is 24.3 Å². The zero-order chi connectivity index (χ0) is 26.1. The number of hydrogen-bond donors (Lipinski definition) is 2. The Kier molecular flexibility index (Phi) is 8.54. The fourth-order valence-corrected chi connectivity index (χ4v) is 3.01. The van der Waals surface area contributed by atoms with Crippen molar-refractivity contribution in [1.82, 2.24) is 4.98 Å². The quantitative estimate of drug-likeness (QED) is 0.403. The highest BCUT2D eigenvalue weighted by atomic mass is 16.6. The molecule has 0 radical (unpaired) electrons. The van der Waals surface area contributed by atoms with Gasteiger partial charge in [0.2, 0.25) is 12.2 Å². The van der Waals surface area contributed by atoms with E-state index in [1.54, 1.807) is 12.1 Å². The van der Waals surface area contributed by atoms with Crippen molar-refractivity contribution in [3.8, 4) is 11.5 Å². The molecule has 0 saturated heterocycles. The van der Waals surface area contributed by atoms with Gasteiger partial charge in [0.1, 0.15) is 11.5 Å². The second kappa shape index (κ2) is 12.0. The van der Waals surface area contributed by atoms with Crippen molar-refractivity contribution in [3.05, 3.63) is 84.2 Å². The number of benzene rings is 2. The van der Waals surface area contributed by atoms with Crippen molar-refractivity contribution < 1.29 is 43.2 Å². The second-order valence-electron chi connectivity index (χ2n) is 7.18. The van der Waals surface area contributed by atoms with Crippen molar-refractivity contribution in [1.29, 1.82) is 0 Å². The molecule has 1 heterocycles. The van der Waals surface area contributed by atoms with Gasteiger partial charge in [-0.05, 0) is 48.5 Å². The van der Waals surface area contributed by atoms with Gasteiger partial charge in [0, 0.05) is 18.1 Å². The molecule has 0 spiro atoms. The van der Waals surface area contributed by atoms with Gasteiger partial charge in [-0.3, -0.25) is 9.78 Å². The minimum Gasteiger partial charge on any atom is -0.497 e. The van der Waals surface area contributed by atoms with Crippen molar-refractivity contribution in [3.63, 3.8) is 0 Å². The summed E-state index contributed by atoms with van der Waals surface area (Å²) in [5, 5.41) is 12.3. The van der Waals surface area contributed by atoms with E-state index >= 15 is 0 Å². The molecule has 0 aliphatic heterocycles. The van der Waals surface area contributed by atoms with Crippen LogP contribution in [0.2, 0.25) is 0 Å². The number of anilines is 1. The molecule has 0 bridgehead atoms. The average molecular weight is 494 g/mol. The zero-order valence-corrected chi connectivity index (χ0v) is 19.2. The Morgan fingerprint density at radius 2 is 1.28 bits per heavy atom. The van der Waals surface area contributed by atoms with E-state index in [-0.39, 0.29) is 16.8 Å². The number of carboxylic acid groups (broad SMARTS) is 1. The first-order valence-electron chi connectivity index (χ1n) is 10.5. The molecule has 0 fully saturated rings. The molecule has 2 N–H and O–H groups in total. The van der Waals surface area contributed by atoms with Crippen molar-refractivity contribution in [2.75, 3.05) is 19.5 Å². The predicted molar refractivity (Wildman–Crippen MR) is 125 cm³/mol. The van der Waals surface area contributed by atoms with Gasteiger partial charge in [-0.15, -0.1) is 0 Å². The fraction of sp³-hybridized carbons (Fsp3) is 0.160. The Hall–Kier alpha value is -4.93. The van der Waals surface area contributed by atoms with Crippen molar-refractivity contribution in [2.24, 2.45) is 0 Å². The van der Waals surface area contributed by atoms with Crippen LogP contribution in [0.1, 0.15) is 20.7 Å².